The Kier molecular flexibility index (Phi) is 3.43. The highest BCUT2D eigenvalue weighted by atomic mass is 19.1. The van der Waals surface area contributed by atoms with Crippen LogP contribution in [0, 0.1) is 12.7 Å². The van der Waals surface area contributed by atoms with Gasteiger partial charge in [0.1, 0.15) is 5.82 Å². The molecule has 0 fully saturated rings. The van der Waals surface area contributed by atoms with Crippen LogP contribution in [0.5, 0.6) is 0 Å². The van der Waals surface area contributed by atoms with Crippen molar-refractivity contribution >= 4 is 0 Å². The zero-order valence-electron chi connectivity index (χ0n) is 8.39. The van der Waals surface area contributed by atoms with Crippen LogP contribution in [0.2, 0.25) is 0 Å². The SMILES string of the molecule is CCC(NC)c1ccc(C)c(F)c1. The summed E-state index contributed by atoms with van der Waals surface area (Å²) in [4.78, 5) is 0. The molecule has 0 saturated carbocycles. The van der Waals surface area contributed by atoms with Gasteiger partial charge in [-0.05, 0) is 37.6 Å². The highest BCUT2D eigenvalue weighted by Gasteiger charge is 2.07. The Morgan fingerprint density at radius 1 is 1.46 bits per heavy atom. The fourth-order valence-corrected chi connectivity index (χ4v) is 1.43. The largest absolute Gasteiger partial charge is 0.313 e. The molecule has 2 heteroatoms. The second kappa shape index (κ2) is 4.38. The molecule has 0 aliphatic heterocycles. The Morgan fingerprint density at radius 2 is 2.15 bits per heavy atom. The summed E-state index contributed by atoms with van der Waals surface area (Å²) in [7, 11) is 1.89. The van der Waals surface area contributed by atoms with Gasteiger partial charge in [0.25, 0.3) is 0 Å². The fourth-order valence-electron chi connectivity index (χ4n) is 1.43. The van der Waals surface area contributed by atoms with Crippen LogP contribution in [0.4, 0.5) is 4.39 Å². The van der Waals surface area contributed by atoms with Gasteiger partial charge in [-0.15, -0.1) is 0 Å². The summed E-state index contributed by atoms with van der Waals surface area (Å²) in [6, 6.07) is 5.67. The van der Waals surface area contributed by atoms with Crippen LogP contribution in [-0.2, 0) is 0 Å². The molecule has 13 heavy (non-hydrogen) atoms. The molecule has 0 radical (unpaired) electrons. The molecular weight excluding hydrogens is 165 g/mol. The van der Waals surface area contributed by atoms with Crippen molar-refractivity contribution in [3.05, 3.63) is 35.1 Å². The van der Waals surface area contributed by atoms with Crippen LogP contribution in [-0.4, -0.2) is 7.05 Å². The first-order valence-electron chi connectivity index (χ1n) is 4.62. The van der Waals surface area contributed by atoms with Crippen LogP contribution >= 0.6 is 0 Å². The van der Waals surface area contributed by atoms with Crippen molar-refractivity contribution in [2.75, 3.05) is 7.05 Å². The highest BCUT2D eigenvalue weighted by Crippen LogP contribution is 2.18. The number of halogens is 1. The quantitative estimate of drug-likeness (QED) is 0.756. The summed E-state index contributed by atoms with van der Waals surface area (Å²) in [5.74, 6) is -0.119. The maximum atomic E-state index is 13.2. The molecule has 1 rings (SSSR count). The Labute approximate surface area is 79.0 Å². The molecule has 0 aliphatic carbocycles. The van der Waals surface area contributed by atoms with Crippen LogP contribution in [0.3, 0.4) is 0 Å². The van der Waals surface area contributed by atoms with Crippen molar-refractivity contribution in [3.8, 4) is 0 Å². The first-order chi connectivity index (χ1) is 6.19. The number of nitrogens with one attached hydrogen (secondary N) is 1. The number of benzene rings is 1. The Bertz CT molecular complexity index is 279. The Morgan fingerprint density at radius 3 is 2.62 bits per heavy atom. The van der Waals surface area contributed by atoms with E-state index < -0.39 is 0 Å². The molecule has 1 unspecified atom stereocenters. The van der Waals surface area contributed by atoms with E-state index >= 15 is 0 Å². The zero-order chi connectivity index (χ0) is 9.84. The van der Waals surface area contributed by atoms with Crippen LogP contribution in [0.15, 0.2) is 18.2 Å². The van der Waals surface area contributed by atoms with Crippen molar-refractivity contribution in [2.24, 2.45) is 0 Å². The van der Waals surface area contributed by atoms with E-state index in [1.54, 1.807) is 13.0 Å². The molecule has 1 N–H and O–H groups in total. The van der Waals surface area contributed by atoms with E-state index in [4.69, 9.17) is 0 Å². The molecule has 1 nitrogen and oxygen atoms in total. The van der Waals surface area contributed by atoms with E-state index in [1.165, 1.54) is 0 Å². The van der Waals surface area contributed by atoms with E-state index in [0.29, 0.717) is 5.56 Å². The molecule has 1 aromatic carbocycles. The van der Waals surface area contributed by atoms with Crippen molar-refractivity contribution < 1.29 is 4.39 Å². The van der Waals surface area contributed by atoms with Gasteiger partial charge in [0.2, 0.25) is 0 Å². The monoisotopic (exact) mass is 181 g/mol. The second-order valence-corrected chi connectivity index (χ2v) is 3.26. The molecule has 0 heterocycles. The summed E-state index contributed by atoms with van der Waals surface area (Å²) < 4.78 is 13.2. The molecular formula is C11H16FN. The minimum atomic E-state index is -0.119. The topological polar surface area (TPSA) is 12.0 Å². The van der Waals surface area contributed by atoms with E-state index in [0.717, 1.165) is 12.0 Å². The van der Waals surface area contributed by atoms with Crippen LogP contribution in [0.1, 0.15) is 30.5 Å². The third-order valence-electron chi connectivity index (χ3n) is 2.35. The highest BCUT2D eigenvalue weighted by molar-refractivity contribution is 5.25. The molecule has 0 bridgehead atoms. The van der Waals surface area contributed by atoms with Gasteiger partial charge in [-0.25, -0.2) is 4.39 Å². The van der Waals surface area contributed by atoms with Gasteiger partial charge in [0.05, 0.1) is 0 Å². The smallest absolute Gasteiger partial charge is 0.126 e. The third-order valence-corrected chi connectivity index (χ3v) is 2.35. The van der Waals surface area contributed by atoms with Crippen molar-refractivity contribution in [2.45, 2.75) is 26.3 Å². The lowest BCUT2D eigenvalue weighted by Gasteiger charge is -2.14. The predicted octanol–water partition coefficient (Wildman–Crippen LogP) is 2.80. The molecule has 1 atom stereocenters. The van der Waals surface area contributed by atoms with Crippen molar-refractivity contribution in [1.29, 1.82) is 0 Å². The van der Waals surface area contributed by atoms with Gasteiger partial charge >= 0.3 is 0 Å². The Hall–Kier alpha value is -0.890. The van der Waals surface area contributed by atoms with Gasteiger partial charge in [-0.1, -0.05) is 19.1 Å². The van der Waals surface area contributed by atoms with Crippen LogP contribution in [0.25, 0.3) is 0 Å². The fraction of sp³-hybridized carbons (Fsp3) is 0.455. The minimum absolute atomic E-state index is 0.119. The second-order valence-electron chi connectivity index (χ2n) is 3.26. The summed E-state index contributed by atoms with van der Waals surface area (Å²) in [5.41, 5.74) is 1.72. The number of rotatable bonds is 3. The van der Waals surface area contributed by atoms with Gasteiger partial charge in [0, 0.05) is 6.04 Å². The lowest BCUT2D eigenvalue weighted by molar-refractivity contribution is 0.563. The first-order valence-corrected chi connectivity index (χ1v) is 4.62. The summed E-state index contributed by atoms with van der Waals surface area (Å²) in [6.07, 6.45) is 0.971. The van der Waals surface area contributed by atoms with E-state index in [1.807, 2.05) is 19.2 Å². The minimum Gasteiger partial charge on any atom is -0.313 e. The average Bonchev–Trinajstić information content (AvgIpc) is 2.13. The lowest BCUT2D eigenvalue weighted by atomic mass is 10.0. The van der Waals surface area contributed by atoms with E-state index in [2.05, 4.69) is 12.2 Å². The van der Waals surface area contributed by atoms with Crippen LogP contribution < -0.4 is 5.32 Å². The maximum absolute atomic E-state index is 13.2. The molecule has 0 aromatic heterocycles. The standard InChI is InChI=1S/C11H16FN/c1-4-11(13-3)9-6-5-8(2)10(12)7-9/h5-7,11,13H,4H2,1-3H3. The third kappa shape index (κ3) is 2.28. The average molecular weight is 181 g/mol. The summed E-state index contributed by atoms with van der Waals surface area (Å²) in [5, 5.41) is 3.15. The summed E-state index contributed by atoms with van der Waals surface area (Å²) in [6.45, 7) is 3.86. The number of aryl methyl sites for hydroxylation is 1. The van der Waals surface area contributed by atoms with Gasteiger partial charge in [0.15, 0.2) is 0 Å². The number of hydrogen-bond donors (Lipinski definition) is 1. The predicted molar refractivity (Wildman–Crippen MR) is 53.2 cm³/mol. The molecule has 0 spiro atoms. The molecule has 1 aromatic rings. The molecule has 72 valence electrons. The normalized spacial score (nSPS) is 12.9. The zero-order valence-corrected chi connectivity index (χ0v) is 8.39. The van der Waals surface area contributed by atoms with Gasteiger partial charge in [-0.2, -0.15) is 0 Å². The first kappa shape index (κ1) is 10.2. The molecule has 0 amide bonds. The summed E-state index contributed by atoms with van der Waals surface area (Å²) >= 11 is 0. The van der Waals surface area contributed by atoms with Gasteiger partial charge < -0.3 is 5.32 Å². The van der Waals surface area contributed by atoms with E-state index in [9.17, 15) is 4.39 Å². The Balaban J connectivity index is 2.95. The maximum Gasteiger partial charge on any atom is 0.126 e. The van der Waals surface area contributed by atoms with E-state index in [-0.39, 0.29) is 11.9 Å². The van der Waals surface area contributed by atoms with Crippen molar-refractivity contribution in [3.63, 3.8) is 0 Å². The number of hydrogen-bond acceptors (Lipinski definition) is 1. The lowest BCUT2D eigenvalue weighted by Crippen LogP contribution is -2.15. The molecule has 0 saturated heterocycles. The molecule has 0 aliphatic rings. The van der Waals surface area contributed by atoms with Crippen molar-refractivity contribution in [1.82, 2.24) is 5.32 Å². The van der Waals surface area contributed by atoms with Gasteiger partial charge in [-0.3, -0.25) is 0 Å².